The summed E-state index contributed by atoms with van der Waals surface area (Å²) in [5.41, 5.74) is 1.45. The number of nitrogens with zero attached hydrogens (tertiary/aromatic N) is 3. The molecule has 4 rings (SSSR count). The Hall–Kier alpha value is -0.970. The Morgan fingerprint density at radius 3 is 2.87 bits per heavy atom. The zero-order valence-corrected chi connectivity index (χ0v) is 14.3. The SMILES string of the molecule is CN(Cc1cccnc1)[C@@H]1COC2(CCN(CC3CC3)CC2)C1. The Balaban J connectivity index is 1.28. The van der Waals surface area contributed by atoms with Gasteiger partial charge in [0, 0.05) is 44.6 Å². The van der Waals surface area contributed by atoms with E-state index in [1.54, 1.807) is 0 Å². The Labute approximate surface area is 139 Å². The van der Waals surface area contributed by atoms with E-state index in [0.29, 0.717) is 6.04 Å². The summed E-state index contributed by atoms with van der Waals surface area (Å²) in [5, 5.41) is 0. The van der Waals surface area contributed by atoms with Crippen molar-refractivity contribution in [3.63, 3.8) is 0 Å². The molecule has 4 heteroatoms. The van der Waals surface area contributed by atoms with Crippen molar-refractivity contribution < 1.29 is 4.74 Å². The van der Waals surface area contributed by atoms with Crippen LogP contribution in [0.25, 0.3) is 0 Å². The van der Waals surface area contributed by atoms with Gasteiger partial charge >= 0.3 is 0 Å². The number of pyridine rings is 1. The molecular weight excluding hydrogens is 286 g/mol. The van der Waals surface area contributed by atoms with Gasteiger partial charge in [0.25, 0.3) is 0 Å². The van der Waals surface area contributed by atoms with Crippen molar-refractivity contribution in [2.24, 2.45) is 5.92 Å². The molecule has 1 aromatic rings. The van der Waals surface area contributed by atoms with Crippen LogP contribution in [0, 0.1) is 5.92 Å². The number of likely N-dealkylation sites (N-methyl/N-ethyl adjacent to an activating group) is 1. The Bertz CT molecular complexity index is 509. The summed E-state index contributed by atoms with van der Waals surface area (Å²) in [6, 6.07) is 4.72. The van der Waals surface area contributed by atoms with E-state index in [4.69, 9.17) is 4.74 Å². The van der Waals surface area contributed by atoms with Gasteiger partial charge < -0.3 is 9.64 Å². The molecule has 1 atom stereocenters. The van der Waals surface area contributed by atoms with E-state index in [0.717, 1.165) is 19.1 Å². The van der Waals surface area contributed by atoms with Crippen LogP contribution in [0.4, 0.5) is 0 Å². The van der Waals surface area contributed by atoms with Gasteiger partial charge in [0.05, 0.1) is 12.2 Å². The lowest BCUT2D eigenvalue weighted by Crippen LogP contribution is -2.45. The molecule has 3 aliphatic rings. The normalized spacial score (nSPS) is 27.8. The zero-order chi connectivity index (χ0) is 15.7. The molecule has 1 spiro atoms. The predicted octanol–water partition coefficient (Wildman–Crippen LogP) is 2.55. The van der Waals surface area contributed by atoms with E-state index in [1.165, 1.54) is 57.3 Å². The van der Waals surface area contributed by atoms with Crippen molar-refractivity contribution in [3.8, 4) is 0 Å². The molecule has 3 heterocycles. The lowest BCUT2D eigenvalue weighted by atomic mass is 9.87. The van der Waals surface area contributed by atoms with E-state index in [2.05, 4.69) is 27.9 Å². The summed E-state index contributed by atoms with van der Waals surface area (Å²) in [6.07, 6.45) is 10.4. The first kappa shape index (κ1) is 15.6. The first-order valence-electron chi connectivity index (χ1n) is 9.18. The topological polar surface area (TPSA) is 28.6 Å². The van der Waals surface area contributed by atoms with Gasteiger partial charge in [0.1, 0.15) is 0 Å². The Morgan fingerprint density at radius 1 is 1.35 bits per heavy atom. The minimum atomic E-state index is 0.161. The van der Waals surface area contributed by atoms with Gasteiger partial charge in [-0.15, -0.1) is 0 Å². The molecular formula is C19H29N3O. The summed E-state index contributed by atoms with van der Waals surface area (Å²) in [7, 11) is 2.22. The maximum Gasteiger partial charge on any atom is 0.0723 e. The van der Waals surface area contributed by atoms with Gasteiger partial charge in [0.15, 0.2) is 0 Å². The molecule has 1 aromatic heterocycles. The van der Waals surface area contributed by atoms with Gasteiger partial charge in [0.2, 0.25) is 0 Å². The summed E-state index contributed by atoms with van der Waals surface area (Å²) in [6.45, 7) is 5.65. The number of aromatic nitrogens is 1. The molecule has 126 valence electrons. The molecule has 3 fully saturated rings. The lowest BCUT2D eigenvalue weighted by Gasteiger charge is -2.39. The first-order valence-corrected chi connectivity index (χ1v) is 9.18. The third kappa shape index (κ3) is 3.76. The maximum absolute atomic E-state index is 6.34. The molecule has 0 aromatic carbocycles. The molecule has 0 radical (unpaired) electrons. The van der Waals surface area contributed by atoms with Crippen molar-refractivity contribution in [2.45, 2.75) is 50.3 Å². The zero-order valence-electron chi connectivity index (χ0n) is 14.3. The van der Waals surface area contributed by atoms with Crippen LogP contribution in [-0.4, -0.2) is 59.7 Å². The minimum absolute atomic E-state index is 0.161. The quantitative estimate of drug-likeness (QED) is 0.835. The van der Waals surface area contributed by atoms with Crippen LogP contribution in [-0.2, 0) is 11.3 Å². The second-order valence-electron chi connectivity index (χ2n) is 7.87. The minimum Gasteiger partial charge on any atom is -0.373 e. The van der Waals surface area contributed by atoms with Gasteiger partial charge in [-0.05, 0) is 56.7 Å². The summed E-state index contributed by atoms with van der Waals surface area (Å²) >= 11 is 0. The molecule has 1 aliphatic carbocycles. The highest BCUT2D eigenvalue weighted by Gasteiger charge is 2.44. The summed E-state index contributed by atoms with van der Waals surface area (Å²) in [5.74, 6) is 1.01. The molecule has 2 saturated heterocycles. The van der Waals surface area contributed by atoms with Crippen LogP contribution in [0.1, 0.15) is 37.7 Å². The van der Waals surface area contributed by atoms with Crippen molar-refractivity contribution >= 4 is 0 Å². The number of hydrogen-bond donors (Lipinski definition) is 0. The molecule has 23 heavy (non-hydrogen) atoms. The first-order chi connectivity index (χ1) is 11.2. The van der Waals surface area contributed by atoms with Crippen molar-refractivity contribution in [1.29, 1.82) is 0 Å². The third-order valence-electron chi connectivity index (χ3n) is 5.95. The summed E-state index contributed by atoms with van der Waals surface area (Å²) < 4.78 is 6.34. The second-order valence-corrected chi connectivity index (χ2v) is 7.87. The molecule has 0 amide bonds. The van der Waals surface area contributed by atoms with E-state index in [1.807, 2.05) is 18.5 Å². The second kappa shape index (κ2) is 6.50. The van der Waals surface area contributed by atoms with Crippen LogP contribution in [0.2, 0.25) is 0 Å². The van der Waals surface area contributed by atoms with Crippen LogP contribution in [0.5, 0.6) is 0 Å². The molecule has 2 aliphatic heterocycles. The monoisotopic (exact) mass is 315 g/mol. The largest absolute Gasteiger partial charge is 0.373 e. The fourth-order valence-electron chi connectivity index (χ4n) is 4.17. The van der Waals surface area contributed by atoms with Crippen LogP contribution < -0.4 is 0 Å². The van der Waals surface area contributed by atoms with E-state index in [9.17, 15) is 0 Å². The number of piperidine rings is 1. The standard InChI is InChI=1S/C19H29N3O/c1-21(13-17-3-2-8-20-12-17)18-11-19(23-15-18)6-9-22(10-7-19)14-16-4-5-16/h2-3,8,12,16,18H,4-7,9-11,13-15H2,1H3/t18-/m0/s1. The number of likely N-dealkylation sites (tertiary alicyclic amines) is 1. The van der Waals surface area contributed by atoms with Gasteiger partial charge in [-0.25, -0.2) is 0 Å². The van der Waals surface area contributed by atoms with Crippen molar-refractivity contribution in [3.05, 3.63) is 30.1 Å². The number of ether oxygens (including phenoxy) is 1. The molecule has 0 unspecified atom stereocenters. The third-order valence-corrected chi connectivity index (χ3v) is 5.95. The van der Waals surface area contributed by atoms with Crippen LogP contribution >= 0.6 is 0 Å². The highest BCUT2D eigenvalue weighted by Crippen LogP contribution is 2.39. The molecule has 4 nitrogen and oxygen atoms in total. The highest BCUT2D eigenvalue weighted by atomic mass is 16.5. The summed E-state index contributed by atoms with van der Waals surface area (Å²) in [4.78, 5) is 9.33. The van der Waals surface area contributed by atoms with Gasteiger partial charge in [-0.1, -0.05) is 6.07 Å². The predicted molar refractivity (Wildman–Crippen MR) is 91.2 cm³/mol. The smallest absolute Gasteiger partial charge is 0.0723 e. The van der Waals surface area contributed by atoms with E-state index >= 15 is 0 Å². The average Bonchev–Trinajstić information content (AvgIpc) is 3.30. The lowest BCUT2D eigenvalue weighted by molar-refractivity contribution is -0.0444. The molecule has 0 bridgehead atoms. The molecule has 1 saturated carbocycles. The van der Waals surface area contributed by atoms with E-state index in [-0.39, 0.29) is 5.60 Å². The van der Waals surface area contributed by atoms with Crippen molar-refractivity contribution in [1.82, 2.24) is 14.8 Å². The fraction of sp³-hybridized carbons (Fsp3) is 0.737. The number of hydrogen-bond acceptors (Lipinski definition) is 4. The average molecular weight is 315 g/mol. The van der Waals surface area contributed by atoms with Gasteiger partial charge in [-0.3, -0.25) is 9.88 Å². The van der Waals surface area contributed by atoms with Crippen molar-refractivity contribution in [2.75, 3.05) is 33.3 Å². The highest BCUT2D eigenvalue weighted by molar-refractivity contribution is 5.08. The molecule has 0 N–H and O–H groups in total. The Morgan fingerprint density at radius 2 is 2.17 bits per heavy atom. The van der Waals surface area contributed by atoms with Crippen LogP contribution in [0.15, 0.2) is 24.5 Å². The fourth-order valence-corrected chi connectivity index (χ4v) is 4.17. The number of rotatable bonds is 5. The van der Waals surface area contributed by atoms with Gasteiger partial charge in [-0.2, -0.15) is 0 Å². The Kier molecular flexibility index (Phi) is 4.39. The maximum atomic E-state index is 6.34. The van der Waals surface area contributed by atoms with Crippen LogP contribution in [0.3, 0.4) is 0 Å². The van der Waals surface area contributed by atoms with E-state index < -0.39 is 0 Å².